The van der Waals surface area contributed by atoms with Crippen molar-refractivity contribution in [2.24, 2.45) is 0 Å². The standard InChI is InChI=1S/C16H21N5O/c1-10-13(11(2)20-19-10)9-16(22)21-8-4-5-15(21)14-6-7-17-12(3)18-14/h6-7,15H,4-5,8-9H2,1-3H3,(H,19,20). The maximum Gasteiger partial charge on any atom is 0.227 e. The molecule has 3 heterocycles. The first kappa shape index (κ1) is 14.7. The SMILES string of the molecule is Cc1nccc(C2CCCN2C(=O)Cc2c(C)n[nH]c2C)n1. The van der Waals surface area contributed by atoms with E-state index in [1.165, 1.54) is 0 Å². The number of hydrogen-bond donors (Lipinski definition) is 1. The van der Waals surface area contributed by atoms with Crippen molar-refractivity contribution in [1.29, 1.82) is 0 Å². The van der Waals surface area contributed by atoms with Gasteiger partial charge in [-0.2, -0.15) is 5.10 Å². The Morgan fingerprint density at radius 3 is 2.91 bits per heavy atom. The van der Waals surface area contributed by atoms with Crippen LogP contribution in [0.1, 0.15) is 47.4 Å². The predicted molar refractivity (Wildman–Crippen MR) is 82.2 cm³/mol. The lowest BCUT2D eigenvalue weighted by Crippen LogP contribution is -2.32. The Balaban J connectivity index is 1.80. The number of carbonyl (C=O) groups is 1. The number of amides is 1. The highest BCUT2D eigenvalue weighted by Gasteiger charge is 2.31. The molecule has 2 aromatic rings. The zero-order valence-electron chi connectivity index (χ0n) is 13.3. The molecule has 1 unspecified atom stereocenters. The summed E-state index contributed by atoms with van der Waals surface area (Å²) in [4.78, 5) is 23.3. The van der Waals surface area contributed by atoms with Crippen molar-refractivity contribution in [2.45, 2.75) is 46.1 Å². The third-order valence-electron chi connectivity index (χ3n) is 4.32. The Morgan fingerprint density at radius 2 is 2.23 bits per heavy atom. The lowest BCUT2D eigenvalue weighted by Gasteiger charge is -2.24. The first-order valence-corrected chi connectivity index (χ1v) is 7.65. The number of aromatic nitrogens is 4. The second kappa shape index (κ2) is 5.87. The smallest absolute Gasteiger partial charge is 0.227 e. The molecule has 0 bridgehead atoms. The van der Waals surface area contributed by atoms with Crippen molar-refractivity contribution in [1.82, 2.24) is 25.1 Å². The molecule has 0 aromatic carbocycles. The number of aryl methyl sites for hydroxylation is 3. The summed E-state index contributed by atoms with van der Waals surface area (Å²) in [7, 11) is 0. The molecule has 1 aliphatic heterocycles. The number of carbonyl (C=O) groups excluding carboxylic acids is 1. The van der Waals surface area contributed by atoms with Crippen LogP contribution in [0.4, 0.5) is 0 Å². The van der Waals surface area contributed by atoms with E-state index in [1.54, 1.807) is 6.20 Å². The summed E-state index contributed by atoms with van der Waals surface area (Å²) in [5.41, 5.74) is 3.83. The molecule has 6 heteroatoms. The van der Waals surface area contributed by atoms with Gasteiger partial charge in [0.1, 0.15) is 5.82 Å². The molecule has 1 aliphatic rings. The minimum absolute atomic E-state index is 0.0710. The normalized spacial score (nSPS) is 18.0. The highest BCUT2D eigenvalue weighted by Crippen LogP contribution is 2.31. The summed E-state index contributed by atoms with van der Waals surface area (Å²) >= 11 is 0. The van der Waals surface area contributed by atoms with Gasteiger partial charge in [-0.05, 0) is 39.7 Å². The predicted octanol–water partition coefficient (Wildman–Crippen LogP) is 2.03. The topological polar surface area (TPSA) is 74.8 Å². The van der Waals surface area contributed by atoms with Crippen LogP contribution < -0.4 is 0 Å². The quantitative estimate of drug-likeness (QED) is 0.941. The molecule has 6 nitrogen and oxygen atoms in total. The molecular weight excluding hydrogens is 278 g/mol. The van der Waals surface area contributed by atoms with E-state index in [4.69, 9.17) is 0 Å². The van der Waals surface area contributed by atoms with Crippen LogP contribution in [0.2, 0.25) is 0 Å². The molecule has 1 saturated heterocycles. The fourth-order valence-electron chi connectivity index (χ4n) is 3.12. The highest BCUT2D eigenvalue weighted by atomic mass is 16.2. The van der Waals surface area contributed by atoms with Crippen molar-refractivity contribution >= 4 is 5.91 Å². The summed E-state index contributed by atoms with van der Waals surface area (Å²) in [6.45, 7) is 6.56. The van der Waals surface area contributed by atoms with Crippen molar-refractivity contribution in [3.8, 4) is 0 Å². The van der Waals surface area contributed by atoms with Gasteiger partial charge in [-0.1, -0.05) is 0 Å². The second-order valence-electron chi connectivity index (χ2n) is 5.86. The zero-order valence-corrected chi connectivity index (χ0v) is 13.3. The molecule has 1 amide bonds. The number of nitrogens with zero attached hydrogens (tertiary/aromatic N) is 4. The van der Waals surface area contributed by atoms with E-state index in [1.807, 2.05) is 31.7 Å². The van der Waals surface area contributed by atoms with Crippen LogP contribution in [0, 0.1) is 20.8 Å². The van der Waals surface area contributed by atoms with E-state index in [-0.39, 0.29) is 11.9 Å². The number of hydrogen-bond acceptors (Lipinski definition) is 4. The minimum atomic E-state index is 0.0710. The van der Waals surface area contributed by atoms with E-state index in [9.17, 15) is 4.79 Å². The van der Waals surface area contributed by atoms with Gasteiger partial charge in [0, 0.05) is 24.0 Å². The molecular formula is C16H21N5O. The average molecular weight is 299 g/mol. The lowest BCUT2D eigenvalue weighted by molar-refractivity contribution is -0.131. The molecule has 1 atom stereocenters. The molecule has 2 aromatic heterocycles. The number of nitrogens with one attached hydrogen (secondary N) is 1. The van der Waals surface area contributed by atoms with Crippen LogP contribution in [0.5, 0.6) is 0 Å². The van der Waals surface area contributed by atoms with E-state index < -0.39 is 0 Å². The van der Waals surface area contributed by atoms with Crippen LogP contribution in [-0.4, -0.2) is 37.5 Å². The molecule has 3 rings (SSSR count). The van der Waals surface area contributed by atoms with Gasteiger partial charge >= 0.3 is 0 Å². The number of rotatable bonds is 3. The van der Waals surface area contributed by atoms with Crippen LogP contribution in [0.15, 0.2) is 12.3 Å². The number of aromatic amines is 1. The Hall–Kier alpha value is -2.24. The van der Waals surface area contributed by atoms with E-state index >= 15 is 0 Å². The van der Waals surface area contributed by atoms with Gasteiger partial charge < -0.3 is 4.90 Å². The lowest BCUT2D eigenvalue weighted by atomic mass is 10.1. The van der Waals surface area contributed by atoms with Crippen LogP contribution >= 0.6 is 0 Å². The van der Waals surface area contributed by atoms with Gasteiger partial charge in [0.25, 0.3) is 0 Å². The minimum Gasteiger partial charge on any atom is -0.334 e. The summed E-state index contributed by atoms with van der Waals surface area (Å²) in [5, 5.41) is 7.11. The van der Waals surface area contributed by atoms with Gasteiger partial charge in [-0.25, -0.2) is 9.97 Å². The molecule has 0 radical (unpaired) electrons. The van der Waals surface area contributed by atoms with Gasteiger partial charge in [-0.15, -0.1) is 0 Å². The maximum absolute atomic E-state index is 12.7. The molecule has 116 valence electrons. The Morgan fingerprint density at radius 1 is 1.41 bits per heavy atom. The first-order chi connectivity index (χ1) is 10.6. The summed E-state index contributed by atoms with van der Waals surface area (Å²) in [6.07, 6.45) is 4.14. The molecule has 0 aliphatic carbocycles. The van der Waals surface area contributed by atoms with E-state index in [0.717, 1.165) is 47.9 Å². The van der Waals surface area contributed by atoms with E-state index in [2.05, 4.69) is 20.2 Å². The summed E-state index contributed by atoms with van der Waals surface area (Å²) < 4.78 is 0. The van der Waals surface area contributed by atoms with Crippen molar-refractivity contribution in [2.75, 3.05) is 6.54 Å². The van der Waals surface area contributed by atoms with Gasteiger partial charge in [0.15, 0.2) is 0 Å². The molecule has 22 heavy (non-hydrogen) atoms. The van der Waals surface area contributed by atoms with Crippen molar-refractivity contribution < 1.29 is 4.79 Å². The monoisotopic (exact) mass is 299 g/mol. The van der Waals surface area contributed by atoms with Crippen LogP contribution in [0.25, 0.3) is 0 Å². The number of H-pyrrole nitrogens is 1. The fourth-order valence-corrected chi connectivity index (χ4v) is 3.12. The van der Waals surface area contributed by atoms with Crippen LogP contribution in [-0.2, 0) is 11.2 Å². The Kier molecular flexibility index (Phi) is 3.92. The second-order valence-corrected chi connectivity index (χ2v) is 5.86. The number of likely N-dealkylation sites (tertiary alicyclic amines) is 1. The van der Waals surface area contributed by atoms with Crippen molar-refractivity contribution in [3.63, 3.8) is 0 Å². The van der Waals surface area contributed by atoms with Crippen LogP contribution in [0.3, 0.4) is 0 Å². The zero-order chi connectivity index (χ0) is 15.7. The summed E-state index contributed by atoms with van der Waals surface area (Å²) in [5.74, 6) is 0.893. The maximum atomic E-state index is 12.7. The highest BCUT2D eigenvalue weighted by molar-refractivity contribution is 5.80. The van der Waals surface area contributed by atoms with Gasteiger partial charge in [-0.3, -0.25) is 9.89 Å². The molecule has 0 spiro atoms. The largest absolute Gasteiger partial charge is 0.334 e. The van der Waals surface area contributed by atoms with Gasteiger partial charge in [0.05, 0.1) is 23.9 Å². The molecule has 1 N–H and O–H groups in total. The third-order valence-corrected chi connectivity index (χ3v) is 4.32. The average Bonchev–Trinajstić information content (AvgIpc) is 3.09. The van der Waals surface area contributed by atoms with Gasteiger partial charge in [0.2, 0.25) is 5.91 Å². The summed E-state index contributed by atoms with van der Waals surface area (Å²) in [6, 6.07) is 1.99. The van der Waals surface area contributed by atoms with E-state index in [0.29, 0.717) is 6.42 Å². The Labute approximate surface area is 130 Å². The fraction of sp³-hybridized carbons (Fsp3) is 0.500. The Bertz CT molecular complexity index is 674. The molecule has 1 fully saturated rings. The van der Waals surface area contributed by atoms with Crippen molar-refractivity contribution in [3.05, 3.63) is 40.7 Å². The third kappa shape index (κ3) is 2.73. The molecule has 0 saturated carbocycles. The first-order valence-electron chi connectivity index (χ1n) is 7.65.